The van der Waals surface area contributed by atoms with E-state index >= 15 is 0 Å². The largest absolute Gasteiger partial charge is 0.464 e. The van der Waals surface area contributed by atoms with Crippen molar-refractivity contribution in [3.8, 4) is 6.07 Å². The van der Waals surface area contributed by atoms with E-state index in [1.165, 1.54) is 17.5 Å². The molecule has 0 aliphatic heterocycles. The predicted molar refractivity (Wildman–Crippen MR) is 96.7 cm³/mol. The minimum absolute atomic E-state index is 0.158. The molecule has 0 fully saturated rings. The van der Waals surface area contributed by atoms with Gasteiger partial charge in [0.25, 0.3) is 0 Å². The van der Waals surface area contributed by atoms with Crippen LogP contribution in [0, 0.1) is 11.3 Å². The lowest BCUT2D eigenvalue weighted by molar-refractivity contribution is -0.115. The summed E-state index contributed by atoms with van der Waals surface area (Å²) >= 11 is 5.91. The number of amides is 1. The van der Waals surface area contributed by atoms with Gasteiger partial charge in [-0.05, 0) is 60.7 Å². The lowest BCUT2D eigenvalue weighted by atomic mass is 10.0. The molecule has 124 valence electrons. The summed E-state index contributed by atoms with van der Waals surface area (Å²) in [6.45, 7) is 0. The molecule has 1 aliphatic carbocycles. The molecule has 0 radical (unpaired) electrons. The average Bonchev–Trinajstić information content (AvgIpc) is 3.21. The maximum Gasteiger partial charge on any atom is 0.228 e. The minimum Gasteiger partial charge on any atom is -0.464 e. The van der Waals surface area contributed by atoms with Crippen LogP contribution < -0.4 is 5.32 Å². The minimum atomic E-state index is -0.158. The lowest BCUT2D eigenvalue weighted by Crippen LogP contribution is -2.14. The summed E-state index contributed by atoms with van der Waals surface area (Å²) in [6, 6.07) is 11.1. The first kappa shape index (κ1) is 15.7. The van der Waals surface area contributed by atoms with Crippen LogP contribution in [0.2, 0.25) is 5.02 Å². The van der Waals surface area contributed by atoms with Gasteiger partial charge in [0, 0.05) is 16.6 Å². The maximum absolute atomic E-state index is 12.4. The van der Waals surface area contributed by atoms with Gasteiger partial charge >= 0.3 is 0 Å². The molecule has 0 unspecified atom stereocenters. The van der Waals surface area contributed by atoms with Gasteiger partial charge in [0.15, 0.2) is 0 Å². The molecule has 1 aliphatic rings. The summed E-state index contributed by atoms with van der Waals surface area (Å²) in [6.07, 6.45) is 5.23. The van der Waals surface area contributed by atoms with Crippen LogP contribution in [-0.2, 0) is 24.1 Å². The van der Waals surface area contributed by atoms with E-state index in [4.69, 9.17) is 21.3 Å². The number of aryl methyl sites for hydroxylation is 2. The highest BCUT2D eigenvalue weighted by Crippen LogP contribution is 2.30. The number of nitrogens with zero attached hydrogens (tertiary/aromatic N) is 1. The van der Waals surface area contributed by atoms with Crippen molar-refractivity contribution in [1.29, 1.82) is 5.26 Å². The second-order valence-electron chi connectivity index (χ2n) is 6.26. The number of furan rings is 1. The van der Waals surface area contributed by atoms with Crippen molar-refractivity contribution in [2.24, 2.45) is 0 Å². The van der Waals surface area contributed by atoms with Crippen LogP contribution in [0.5, 0.6) is 0 Å². The number of halogens is 1. The molecule has 0 atom stereocenters. The predicted octanol–water partition coefficient (Wildman–Crippen LogP) is 4.63. The van der Waals surface area contributed by atoms with E-state index in [0.29, 0.717) is 16.3 Å². The summed E-state index contributed by atoms with van der Waals surface area (Å²) in [7, 11) is 0. The highest BCUT2D eigenvalue weighted by molar-refractivity contribution is 6.31. The normalized spacial score (nSPS) is 12.8. The van der Waals surface area contributed by atoms with Crippen LogP contribution >= 0.6 is 11.6 Å². The first-order valence-corrected chi connectivity index (χ1v) is 8.53. The van der Waals surface area contributed by atoms with Gasteiger partial charge < -0.3 is 9.73 Å². The van der Waals surface area contributed by atoms with E-state index < -0.39 is 0 Å². The van der Waals surface area contributed by atoms with Gasteiger partial charge in [0.1, 0.15) is 11.7 Å². The highest BCUT2D eigenvalue weighted by Gasteiger charge is 2.17. The standard InChI is InChI=1S/C20H15ClN2O2/c21-18-5-4-16(6-14(18)10-22)23-20(24)9-15-11-25-19-8-13-3-1-2-12(13)7-17(15)19/h4-8,11H,1-3,9H2,(H,23,24). The number of carbonyl (C=O) groups is 1. The fraction of sp³-hybridized carbons (Fsp3) is 0.200. The van der Waals surface area contributed by atoms with Crippen LogP contribution in [-0.4, -0.2) is 5.91 Å². The average molecular weight is 351 g/mol. The quantitative estimate of drug-likeness (QED) is 0.749. The maximum atomic E-state index is 12.4. The number of benzene rings is 2. The fourth-order valence-electron chi connectivity index (χ4n) is 3.35. The van der Waals surface area contributed by atoms with Crippen LogP contribution in [0.15, 0.2) is 41.0 Å². The Morgan fingerprint density at radius 1 is 1.24 bits per heavy atom. The molecule has 1 aromatic heterocycles. The van der Waals surface area contributed by atoms with Gasteiger partial charge in [-0.1, -0.05) is 11.6 Å². The smallest absolute Gasteiger partial charge is 0.228 e. The zero-order valence-corrected chi connectivity index (χ0v) is 14.2. The first-order valence-electron chi connectivity index (χ1n) is 8.15. The molecule has 25 heavy (non-hydrogen) atoms. The number of carbonyl (C=O) groups excluding carboxylic acids is 1. The molecule has 4 nitrogen and oxygen atoms in total. The van der Waals surface area contributed by atoms with E-state index in [2.05, 4.69) is 17.4 Å². The van der Waals surface area contributed by atoms with Gasteiger partial charge in [-0.2, -0.15) is 5.26 Å². The van der Waals surface area contributed by atoms with E-state index in [1.807, 2.05) is 6.07 Å². The van der Waals surface area contributed by atoms with Gasteiger partial charge in [0.05, 0.1) is 23.3 Å². The monoisotopic (exact) mass is 350 g/mol. The third-order valence-corrected chi connectivity index (χ3v) is 4.92. The second-order valence-corrected chi connectivity index (χ2v) is 6.67. The van der Waals surface area contributed by atoms with Crippen molar-refractivity contribution < 1.29 is 9.21 Å². The van der Waals surface area contributed by atoms with E-state index in [9.17, 15) is 4.79 Å². The summed E-state index contributed by atoms with van der Waals surface area (Å²) in [5.74, 6) is -0.158. The van der Waals surface area contributed by atoms with Crippen molar-refractivity contribution in [2.75, 3.05) is 5.32 Å². The molecule has 0 saturated carbocycles. The Morgan fingerprint density at radius 2 is 2.04 bits per heavy atom. The fourth-order valence-corrected chi connectivity index (χ4v) is 3.51. The van der Waals surface area contributed by atoms with Crippen LogP contribution in [0.25, 0.3) is 11.0 Å². The first-order chi connectivity index (χ1) is 12.1. The SMILES string of the molecule is N#Cc1cc(NC(=O)Cc2coc3cc4c(cc23)CCC4)ccc1Cl. The Hall–Kier alpha value is -2.77. The molecule has 0 bridgehead atoms. The Kier molecular flexibility index (Phi) is 3.95. The zero-order valence-electron chi connectivity index (χ0n) is 13.4. The Balaban J connectivity index is 1.55. The van der Waals surface area contributed by atoms with Crippen molar-refractivity contribution in [2.45, 2.75) is 25.7 Å². The van der Waals surface area contributed by atoms with Crippen LogP contribution in [0.4, 0.5) is 5.69 Å². The molecular weight excluding hydrogens is 336 g/mol. The molecule has 5 heteroatoms. The Bertz CT molecular complexity index is 1030. The summed E-state index contributed by atoms with van der Waals surface area (Å²) < 4.78 is 5.64. The van der Waals surface area contributed by atoms with Crippen molar-refractivity contribution in [3.05, 3.63) is 63.9 Å². The van der Waals surface area contributed by atoms with E-state index in [1.54, 1.807) is 24.5 Å². The zero-order chi connectivity index (χ0) is 17.4. The number of hydrogen-bond acceptors (Lipinski definition) is 3. The lowest BCUT2D eigenvalue weighted by Gasteiger charge is -2.06. The van der Waals surface area contributed by atoms with Gasteiger partial charge in [-0.25, -0.2) is 0 Å². The second kappa shape index (κ2) is 6.27. The summed E-state index contributed by atoms with van der Waals surface area (Å²) in [5, 5.41) is 13.2. The van der Waals surface area contributed by atoms with Crippen LogP contribution in [0.3, 0.4) is 0 Å². The molecule has 0 saturated heterocycles. The third-order valence-electron chi connectivity index (χ3n) is 4.59. The molecule has 1 amide bonds. The van der Waals surface area contributed by atoms with Crippen molar-refractivity contribution >= 4 is 34.2 Å². The van der Waals surface area contributed by atoms with Gasteiger partial charge in [0.2, 0.25) is 5.91 Å². The van der Waals surface area contributed by atoms with Gasteiger partial charge in [-0.15, -0.1) is 0 Å². The molecule has 0 spiro atoms. The van der Waals surface area contributed by atoms with E-state index in [-0.39, 0.29) is 12.3 Å². The number of anilines is 1. The molecular formula is C20H15ClN2O2. The number of fused-ring (bicyclic) bond motifs is 2. The Morgan fingerprint density at radius 3 is 2.84 bits per heavy atom. The van der Waals surface area contributed by atoms with E-state index in [0.717, 1.165) is 29.4 Å². The molecule has 1 N–H and O–H groups in total. The van der Waals surface area contributed by atoms with Crippen LogP contribution in [0.1, 0.15) is 28.7 Å². The summed E-state index contributed by atoms with van der Waals surface area (Å²) in [5.41, 5.74) is 5.30. The third kappa shape index (κ3) is 2.99. The molecule has 1 heterocycles. The molecule has 3 aromatic rings. The van der Waals surface area contributed by atoms with Crippen molar-refractivity contribution in [3.63, 3.8) is 0 Å². The number of hydrogen-bond donors (Lipinski definition) is 1. The molecule has 4 rings (SSSR count). The number of nitriles is 1. The number of nitrogens with one attached hydrogen (secondary N) is 1. The van der Waals surface area contributed by atoms with Crippen molar-refractivity contribution in [1.82, 2.24) is 0 Å². The Labute approximate surface area is 150 Å². The number of rotatable bonds is 3. The highest BCUT2D eigenvalue weighted by atomic mass is 35.5. The topological polar surface area (TPSA) is 66.0 Å². The molecule has 2 aromatic carbocycles. The summed E-state index contributed by atoms with van der Waals surface area (Å²) in [4.78, 5) is 12.4. The van der Waals surface area contributed by atoms with Gasteiger partial charge in [-0.3, -0.25) is 4.79 Å².